The summed E-state index contributed by atoms with van der Waals surface area (Å²) in [6.45, 7) is 1.21. The molecule has 0 atom stereocenters. The van der Waals surface area contributed by atoms with Crippen LogP contribution in [0.15, 0.2) is 53.0 Å². The van der Waals surface area contributed by atoms with Gasteiger partial charge in [0.2, 0.25) is 0 Å². The average Bonchev–Trinajstić information content (AvgIpc) is 2.54. The number of hydrogen-bond acceptors (Lipinski definition) is 2. The van der Waals surface area contributed by atoms with Crippen LogP contribution in [0.3, 0.4) is 0 Å². The third kappa shape index (κ3) is 4.39. The van der Waals surface area contributed by atoms with Crippen molar-refractivity contribution in [3.8, 4) is 0 Å². The van der Waals surface area contributed by atoms with Gasteiger partial charge in [-0.25, -0.2) is 4.39 Å². The molecular formula is C17H17BrFNO2. The van der Waals surface area contributed by atoms with Crippen molar-refractivity contribution in [2.45, 2.75) is 6.54 Å². The molecule has 0 bridgehead atoms. The Morgan fingerprint density at radius 2 is 1.95 bits per heavy atom. The molecule has 0 aliphatic heterocycles. The van der Waals surface area contributed by atoms with E-state index in [9.17, 15) is 9.18 Å². The van der Waals surface area contributed by atoms with Gasteiger partial charge in [-0.05, 0) is 23.8 Å². The van der Waals surface area contributed by atoms with Crippen molar-refractivity contribution in [3.63, 3.8) is 0 Å². The number of benzene rings is 2. The molecule has 5 heteroatoms. The molecule has 116 valence electrons. The Morgan fingerprint density at radius 1 is 1.23 bits per heavy atom. The Hall–Kier alpha value is -1.72. The normalized spacial score (nSPS) is 10.5. The standard InChI is InChI=1S/C17H17BrFNO2/c1-22-10-9-20(12-13-5-3-2-4-6-13)17(21)15-11-14(18)7-8-16(15)19/h2-8,11H,9-10,12H2,1H3. The van der Waals surface area contributed by atoms with Crippen molar-refractivity contribution < 1.29 is 13.9 Å². The number of hydrogen-bond donors (Lipinski definition) is 0. The number of amides is 1. The van der Waals surface area contributed by atoms with Gasteiger partial charge in [-0.1, -0.05) is 46.3 Å². The number of nitrogens with zero attached hydrogens (tertiary/aromatic N) is 1. The molecule has 2 rings (SSSR count). The lowest BCUT2D eigenvalue weighted by molar-refractivity contribution is 0.0675. The number of methoxy groups -OCH3 is 1. The van der Waals surface area contributed by atoms with Crippen LogP contribution in [-0.4, -0.2) is 31.1 Å². The minimum Gasteiger partial charge on any atom is -0.383 e. The Bertz CT molecular complexity index is 634. The van der Waals surface area contributed by atoms with E-state index in [-0.39, 0.29) is 11.5 Å². The number of halogens is 2. The SMILES string of the molecule is COCCN(Cc1ccccc1)C(=O)c1cc(Br)ccc1F. The van der Waals surface area contributed by atoms with Crippen LogP contribution in [0.1, 0.15) is 15.9 Å². The molecule has 0 radical (unpaired) electrons. The quantitative estimate of drug-likeness (QED) is 0.777. The van der Waals surface area contributed by atoms with E-state index in [0.29, 0.717) is 24.2 Å². The zero-order valence-electron chi connectivity index (χ0n) is 12.3. The van der Waals surface area contributed by atoms with Gasteiger partial charge >= 0.3 is 0 Å². The summed E-state index contributed by atoms with van der Waals surface area (Å²) in [6.07, 6.45) is 0. The first kappa shape index (κ1) is 16.6. The van der Waals surface area contributed by atoms with E-state index in [1.807, 2.05) is 30.3 Å². The molecule has 0 heterocycles. The summed E-state index contributed by atoms with van der Waals surface area (Å²) in [4.78, 5) is 14.2. The molecule has 22 heavy (non-hydrogen) atoms. The minimum absolute atomic E-state index is 0.0569. The van der Waals surface area contributed by atoms with Crippen LogP contribution in [0.4, 0.5) is 4.39 Å². The molecule has 1 amide bonds. The van der Waals surface area contributed by atoms with Crippen molar-refractivity contribution in [3.05, 3.63) is 69.9 Å². The van der Waals surface area contributed by atoms with Gasteiger partial charge in [0.25, 0.3) is 5.91 Å². The third-order valence-electron chi connectivity index (χ3n) is 3.23. The van der Waals surface area contributed by atoms with E-state index < -0.39 is 5.82 Å². The second-order valence-corrected chi connectivity index (χ2v) is 5.74. The Balaban J connectivity index is 2.24. The summed E-state index contributed by atoms with van der Waals surface area (Å²) in [7, 11) is 1.57. The van der Waals surface area contributed by atoms with Gasteiger partial charge < -0.3 is 9.64 Å². The molecule has 0 N–H and O–H groups in total. The Labute approximate surface area is 137 Å². The lowest BCUT2D eigenvalue weighted by Crippen LogP contribution is -2.34. The van der Waals surface area contributed by atoms with Crippen LogP contribution in [0.5, 0.6) is 0 Å². The van der Waals surface area contributed by atoms with Gasteiger partial charge in [0.05, 0.1) is 12.2 Å². The van der Waals surface area contributed by atoms with Gasteiger partial charge in [-0.15, -0.1) is 0 Å². The highest BCUT2D eigenvalue weighted by atomic mass is 79.9. The summed E-state index contributed by atoms with van der Waals surface area (Å²) in [5.74, 6) is -0.872. The molecule has 0 aromatic heterocycles. The van der Waals surface area contributed by atoms with Crippen LogP contribution in [0, 0.1) is 5.82 Å². The molecule has 0 fully saturated rings. The first-order valence-electron chi connectivity index (χ1n) is 6.89. The number of carbonyl (C=O) groups excluding carboxylic acids is 1. The third-order valence-corrected chi connectivity index (χ3v) is 3.72. The van der Waals surface area contributed by atoms with Crippen LogP contribution >= 0.6 is 15.9 Å². The maximum Gasteiger partial charge on any atom is 0.257 e. The first-order valence-corrected chi connectivity index (χ1v) is 7.68. The average molecular weight is 366 g/mol. The lowest BCUT2D eigenvalue weighted by Gasteiger charge is -2.23. The molecule has 0 spiro atoms. The van der Waals surface area contributed by atoms with Gasteiger partial charge in [0.15, 0.2) is 0 Å². The molecule has 0 unspecified atom stereocenters. The molecular weight excluding hydrogens is 349 g/mol. The zero-order chi connectivity index (χ0) is 15.9. The van der Waals surface area contributed by atoms with Gasteiger partial charge in [-0.2, -0.15) is 0 Å². The molecule has 2 aromatic carbocycles. The smallest absolute Gasteiger partial charge is 0.257 e. The number of ether oxygens (including phenoxy) is 1. The minimum atomic E-state index is -0.524. The van der Waals surface area contributed by atoms with E-state index in [1.165, 1.54) is 12.1 Å². The van der Waals surface area contributed by atoms with E-state index in [1.54, 1.807) is 18.1 Å². The molecule has 0 saturated heterocycles. The highest BCUT2D eigenvalue weighted by Gasteiger charge is 2.19. The van der Waals surface area contributed by atoms with Gasteiger partial charge in [-0.3, -0.25) is 4.79 Å². The van der Waals surface area contributed by atoms with Crippen LogP contribution in [-0.2, 0) is 11.3 Å². The number of rotatable bonds is 6. The van der Waals surface area contributed by atoms with E-state index in [2.05, 4.69) is 15.9 Å². The first-order chi connectivity index (χ1) is 10.6. The second kappa shape index (κ2) is 8.06. The fraction of sp³-hybridized carbons (Fsp3) is 0.235. The maximum absolute atomic E-state index is 13.9. The van der Waals surface area contributed by atoms with Crippen molar-refractivity contribution in [2.24, 2.45) is 0 Å². The Morgan fingerprint density at radius 3 is 2.64 bits per heavy atom. The fourth-order valence-corrected chi connectivity index (χ4v) is 2.45. The predicted octanol–water partition coefficient (Wildman–Crippen LogP) is 3.88. The topological polar surface area (TPSA) is 29.5 Å². The van der Waals surface area contributed by atoms with Crippen molar-refractivity contribution >= 4 is 21.8 Å². The van der Waals surface area contributed by atoms with E-state index in [0.717, 1.165) is 5.56 Å². The van der Waals surface area contributed by atoms with Crippen LogP contribution in [0.2, 0.25) is 0 Å². The molecule has 0 aliphatic rings. The zero-order valence-corrected chi connectivity index (χ0v) is 13.8. The molecule has 3 nitrogen and oxygen atoms in total. The van der Waals surface area contributed by atoms with Crippen molar-refractivity contribution in [2.75, 3.05) is 20.3 Å². The summed E-state index contributed by atoms with van der Waals surface area (Å²) < 4.78 is 19.7. The van der Waals surface area contributed by atoms with Gasteiger partial charge in [0.1, 0.15) is 5.82 Å². The van der Waals surface area contributed by atoms with Crippen LogP contribution < -0.4 is 0 Å². The largest absolute Gasteiger partial charge is 0.383 e. The van der Waals surface area contributed by atoms with E-state index in [4.69, 9.17) is 4.74 Å². The number of carbonyl (C=O) groups is 1. The van der Waals surface area contributed by atoms with Gasteiger partial charge in [0, 0.05) is 24.7 Å². The maximum atomic E-state index is 13.9. The highest BCUT2D eigenvalue weighted by molar-refractivity contribution is 9.10. The summed E-state index contributed by atoms with van der Waals surface area (Å²) in [6, 6.07) is 14.0. The molecule has 0 saturated carbocycles. The van der Waals surface area contributed by atoms with Crippen molar-refractivity contribution in [1.29, 1.82) is 0 Å². The second-order valence-electron chi connectivity index (χ2n) is 4.83. The highest BCUT2D eigenvalue weighted by Crippen LogP contribution is 2.18. The predicted molar refractivity (Wildman–Crippen MR) is 87.2 cm³/mol. The molecule has 2 aromatic rings. The summed E-state index contributed by atoms with van der Waals surface area (Å²) >= 11 is 3.27. The van der Waals surface area contributed by atoms with Crippen molar-refractivity contribution in [1.82, 2.24) is 4.90 Å². The fourth-order valence-electron chi connectivity index (χ4n) is 2.09. The lowest BCUT2D eigenvalue weighted by atomic mass is 10.1. The molecule has 0 aliphatic carbocycles. The van der Waals surface area contributed by atoms with E-state index >= 15 is 0 Å². The summed E-state index contributed by atoms with van der Waals surface area (Å²) in [5, 5.41) is 0. The van der Waals surface area contributed by atoms with Crippen LogP contribution in [0.25, 0.3) is 0 Å². The summed E-state index contributed by atoms with van der Waals surface area (Å²) in [5.41, 5.74) is 1.05. The Kier molecular flexibility index (Phi) is 6.10. The monoisotopic (exact) mass is 365 g/mol.